The van der Waals surface area contributed by atoms with E-state index in [9.17, 15) is 4.21 Å². The van der Waals surface area contributed by atoms with Crippen molar-refractivity contribution in [2.75, 3.05) is 0 Å². The molecule has 0 saturated carbocycles. The van der Waals surface area contributed by atoms with Gasteiger partial charge in [0.05, 0.1) is 32.4 Å². The first-order valence-electron chi connectivity index (χ1n) is 5.60. The molecule has 0 spiro atoms. The van der Waals surface area contributed by atoms with Gasteiger partial charge in [-0.15, -0.1) is 0 Å². The van der Waals surface area contributed by atoms with E-state index in [0.29, 0.717) is 0 Å². The topological polar surface area (TPSA) is 42.3 Å². The lowest BCUT2D eigenvalue weighted by Gasteiger charge is -2.05. The SMILES string of the molecule is O=S1C=Nc2c1ccc1c2ccc2cccnc21. The van der Waals surface area contributed by atoms with Crippen LogP contribution in [0.3, 0.4) is 0 Å². The van der Waals surface area contributed by atoms with E-state index in [1.54, 1.807) is 6.20 Å². The summed E-state index contributed by atoms with van der Waals surface area (Å²) in [6, 6.07) is 11.9. The largest absolute Gasteiger partial charge is 0.256 e. The van der Waals surface area contributed by atoms with Crippen molar-refractivity contribution in [1.29, 1.82) is 0 Å². The van der Waals surface area contributed by atoms with E-state index in [4.69, 9.17) is 0 Å². The van der Waals surface area contributed by atoms with Gasteiger partial charge in [-0.25, -0.2) is 9.20 Å². The van der Waals surface area contributed by atoms with E-state index in [-0.39, 0.29) is 0 Å². The summed E-state index contributed by atoms with van der Waals surface area (Å²) >= 11 is 0. The molecule has 0 bridgehead atoms. The van der Waals surface area contributed by atoms with Gasteiger partial charge in [0.2, 0.25) is 0 Å². The van der Waals surface area contributed by atoms with Crippen LogP contribution in [0, 0.1) is 0 Å². The predicted octanol–water partition coefficient (Wildman–Crippen LogP) is 3.17. The number of benzene rings is 2. The van der Waals surface area contributed by atoms with Crippen molar-refractivity contribution in [3.63, 3.8) is 0 Å². The molecular weight excluding hydrogens is 244 g/mol. The van der Waals surface area contributed by atoms with E-state index in [2.05, 4.69) is 9.98 Å². The average molecular weight is 252 g/mol. The van der Waals surface area contributed by atoms with Gasteiger partial charge in [0.15, 0.2) is 0 Å². The summed E-state index contributed by atoms with van der Waals surface area (Å²) in [6.45, 7) is 0. The van der Waals surface area contributed by atoms with Crippen LogP contribution in [-0.2, 0) is 10.8 Å². The van der Waals surface area contributed by atoms with Gasteiger partial charge in [-0.2, -0.15) is 0 Å². The molecule has 0 N–H and O–H groups in total. The minimum atomic E-state index is -1.10. The fourth-order valence-corrected chi connectivity index (χ4v) is 3.24. The summed E-state index contributed by atoms with van der Waals surface area (Å²) in [6.07, 6.45) is 1.79. The molecule has 2 aromatic carbocycles. The highest BCUT2D eigenvalue weighted by molar-refractivity contribution is 7.99. The van der Waals surface area contributed by atoms with Crippen LogP contribution in [0.15, 0.2) is 52.5 Å². The molecule has 1 aromatic heterocycles. The van der Waals surface area contributed by atoms with Crippen LogP contribution in [0.25, 0.3) is 21.7 Å². The van der Waals surface area contributed by atoms with Crippen molar-refractivity contribution in [1.82, 2.24) is 4.98 Å². The lowest BCUT2D eigenvalue weighted by atomic mass is 10.0. The molecule has 2 heterocycles. The minimum Gasteiger partial charge on any atom is -0.256 e. The van der Waals surface area contributed by atoms with E-state index < -0.39 is 10.8 Å². The van der Waals surface area contributed by atoms with Crippen LogP contribution in [0.5, 0.6) is 0 Å². The van der Waals surface area contributed by atoms with Crippen LogP contribution >= 0.6 is 0 Å². The maximum atomic E-state index is 11.7. The van der Waals surface area contributed by atoms with E-state index in [1.165, 1.54) is 5.55 Å². The summed E-state index contributed by atoms with van der Waals surface area (Å²) in [5.41, 5.74) is 3.27. The Kier molecular flexibility index (Phi) is 1.91. The molecule has 1 unspecified atom stereocenters. The smallest absolute Gasteiger partial charge is 0.0984 e. The van der Waals surface area contributed by atoms with Crippen molar-refractivity contribution >= 4 is 43.7 Å². The molecule has 1 aliphatic heterocycles. The summed E-state index contributed by atoms with van der Waals surface area (Å²) < 4.78 is 11.7. The number of aromatic nitrogens is 1. The summed E-state index contributed by atoms with van der Waals surface area (Å²) in [4.78, 5) is 9.48. The third-order valence-corrected chi connectivity index (χ3v) is 4.26. The van der Waals surface area contributed by atoms with Gasteiger partial charge in [0.25, 0.3) is 0 Å². The highest BCUT2D eigenvalue weighted by Crippen LogP contribution is 2.37. The van der Waals surface area contributed by atoms with Crippen molar-refractivity contribution in [2.24, 2.45) is 4.99 Å². The van der Waals surface area contributed by atoms with Gasteiger partial charge in [0.1, 0.15) is 0 Å². The predicted molar refractivity (Wildman–Crippen MR) is 73.8 cm³/mol. The minimum absolute atomic E-state index is 0.790. The zero-order chi connectivity index (χ0) is 12.1. The molecule has 86 valence electrons. The third kappa shape index (κ3) is 1.21. The van der Waals surface area contributed by atoms with E-state index >= 15 is 0 Å². The number of nitrogens with zero attached hydrogens (tertiary/aromatic N) is 2. The normalized spacial score (nSPS) is 17.4. The zero-order valence-electron chi connectivity index (χ0n) is 9.33. The number of pyridine rings is 1. The van der Waals surface area contributed by atoms with Crippen LogP contribution in [0.2, 0.25) is 0 Å². The van der Waals surface area contributed by atoms with E-state index in [0.717, 1.165) is 32.3 Å². The molecular formula is C14H8N2OS. The quantitative estimate of drug-likeness (QED) is 0.577. The Balaban J connectivity index is 2.24. The Morgan fingerprint density at radius 2 is 1.89 bits per heavy atom. The highest BCUT2D eigenvalue weighted by Gasteiger charge is 2.17. The van der Waals surface area contributed by atoms with Gasteiger partial charge >= 0.3 is 0 Å². The molecule has 4 rings (SSSR count). The summed E-state index contributed by atoms with van der Waals surface area (Å²) in [5.74, 6) is 0. The number of rotatable bonds is 0. The number of hydrogen-bond acceptors (Lipinski definition) is 3. The molecule has 0 fully saturated rings. The Bertz CT molecular complexity index is 855. The van der Waals surface area contributed by atoms with Crippen LogP contribution in [0.4, 0.5) is 5.69 Å². The first-order chi connectivity index (χ1) is 8.84. The highest BCUT2D eigenvalue weighted by atomic mass is 32.2. The Hall–Kier alpha value is -2.07. The Labute approximate surface area is 106 Å². The van der Waals surface area contributed by atoms with Gasteiger partial charge in [-0.05, 0) is 12.1 Å². The van der Waals surface area contributed by atoms with Gasteiger partial charge in [-0.3, -0.25) is 4.98 Å². The second-order valence-corrected chi connectivity index (χ2v) is 5.43. The van der Waals surface area contributed by atoms with Gasteiger partial charge in [0, 0.05) is 22.4 Å². The monoisotopic (exact) mass is 252 g/mol. The Morgan fingerprint density at radius 3 is 2.83 bits per heavy atom. The molecule has 4 heteroatoms. The fourth-order valence-electron chi connectivity index (χ4n) is 2.37. The van der Waals surface area contributed by atoms with Crippen molar-refractivity contribution < 1.29 is 4.21 Å². The lowest BCUT2D eigenvalue weighted by Crippen LogP contribution is -1.86. The number of fused-ring (bicyclic) bond motifs is 5. The van der Waals surface area contributed by atoms with Crippen molar-refractivity contribution in [3.05, 3.63) is 42.6 Å². The molecule has 3 nitrogen and oxygen atoms in total. The second kappa shape index (κ2) is 3.46. The first-order valence-corrected chi connectivity index (χ1v) is 6.81. The lowest BCUT2D eigenvalue weighted by molar-refractivity contribution is 0.691. The van der Waals surface area contributed by atoms with Gasteiger partial charge < -0.3 is 0 Å². The molecule has 3 aromatic rings. The maximum absolute atomic E-state index is 11.7. The second-order valence-electron chi connectivity index (χ2n) is 4.18. The molecule has 1 atom stereocenters. The van der Waals surface area contributed by atoms with Crippen LogP contribution < -0.4 is 0 Å². The molecule has 0 aliphatic carbocycles. The molecule has 1 aliphatic rings. The molecule has 0 radical (unpaired) electrons. The molecule has 0 saturated heterocycles. The zero-order valence-corrected chi connectivity index (χ0v) is 10.1. The van der Waals surface area contributed by atoms with Gasteiger partial charge in [-0.1, -0.05) is 24.3 Å². The standard InChI is InChI=1S/C14H8N2OS/c17-18-8-16-14-11-4-3-9-2-1-7-15-13(9)10(11)5-6-12(14)18/h1-8H. The van der Waals surface area contributed by atoms with Crippen molar-refractivity contribution in [3.8, 4) is 0 Å². The summed E-state index contributed by atoms with van der Waals surface area (Å²) in [5, 5.41) is 3.18. The van der Waals surface area contributed by atoms with Crippen molar-refractivity contribution in [2.45, 2.75) is 4.90 Å². The summed E-state index contributed by atoms with van der Waals surface area (Å²) in [7, 11) is -1.10. The first kappa shape index (κ1) is 9.91. The maximum Gasteiger partial charge on any atom is 0.0984 e. The number of aliphatic imine (C=N–C) groups is 1. The van der Waals surface area contributed by atoms with Crippen LogP contribution in [-0.4, -0.2) is 14.7 Å². The van der Waals surface area contributed by atoms with E-state index in [1.807, 2.05) is 36.4 Å². The fraction of sp³-hybridized carbons (Fsp3) is 0. The third-order valence-electron chi connectivity index (χ3n) is 3.20. The average Bonchev–Trinajstić information content (AvgIpc) is 2.80. The molecule has 18 heavy (non-hydrogen) atoms. The molecule has 0 amide bonds. The number of hydrogen-bond donors (Lipinski definition) is 0. The Morgan fingerprint density at radius 1 is 1.00 bits per heavy atom. The van der Waals surface area contributed by atoms with Crippen LogP contribution in [0.1, 0.15) is 0 Å².